The first kappa shape index (κ1) is 17.1. The van der Waals surface area contributed by atoms with Gasteiger partial charge in [-0.3, -0.25) is 0 Å². The van der Waals surface area contributed by atoms with Gasteiger partial charge in [-0.2, -0.15) is 11.8 Å². The van der Waals surface area contributed by atoms with Crippen LogP contribution in [0.2, 0.25) is 0 Å². The fourth-order valence-electron chi connectivity index (χ4n) is 3.25. The summed E-state index contributed by atoms with van der Waals surface area (Å²) >= 11 is 1.78. The molecule has 3 rings (SSSR count). The van der Waals surface area contributed by atoms with Crippen LogP contribution >= 0.6 is 11.8 Å². The van der Waals surface area contributed by atoms with Gasteiger partial charge in [0.15, 0.2) is 0 Å². The number of aromatic nitrogens is 2. The normalized spacial score (nSPS) is 17.2. The quantitative estimate of drug-likeness (QED) is 0.870. The molecule has 0 saturated carbocycles. The summed E-state index contributed by atoms with van der Waals surface area (Å²) < 4.78 is 0. The molecule has 2 heterocycles. The second-order valence-corrected chi connectivity index (χ2v) is 7.32. The van der Waals surface area contributed by atoms with Crippen LogP contribution in [0.15, 0.2) is 24.3 Å². The van der Waals surface area contributed by atoms with Crippen LogP contribution in [0.5, 0.6) is 0 Å². The molecule has 0 aliphatic carbocycles. The molecule has 2 N–H and O–H groups in total. The van der Waals surface area contributed by atoms with E-state index in [1.165, 1.54) is 0 Å². The first-order chi connectivity index (χ1) is 11.7. The van der Waals surface area contributed by atoms with Crippen LogP contribution in [-0.2, 0) is 0 Å². The first-order valence-corrected chi connectivity index (χ1v) is 10.1. The van der Waals surface area contributed by atoms with Crippen LogP contribution in [0.4, 0.5) is 4.79 Å². The smallest absolute Gasteiger partial charge is 0.317 e. The molecular weight excluding hydrogens is 320 g/mol. The number of rotatable bonds is 5. The lowest BCUT2D eigenvalue weighted by molar-refractivity contribution is 0.177. The van der Waals surface area contributed by atoms with Gasteiger partial charge in [0, 0.05) is 30.8 Å². The third-order valence-corrected chi connectivity index (χ3v) is 5.50. The lowest BCUT2D eigenvalue weighted by atomic mass is 9.96. The monoisotopic (exact) mass is 346 g/mol. The molecule has 2 amide bonds. The molecule has 5 nitrogen and oxygen atoms in total. The number of likely N-dealkylation sites (tertiary alicyclic amines) is 1. The zero-order chi connectivity index (χ0) is 16.9. The summed E-state index contributed by atoms with van der Waals surface area (Å²) in [5.41, 5.74) is 2.12. The number of thioether (sulfide) groups is 1. The number of amides is 2. The first-order valence-electron chi connectivity index (χ1n) is 8.70. The van der Waals surface area contributed by atoms with Crippen molar-refractivity contribution in [3.8, 4) is 0 Å². The van der Waals surface area contributed by atoms with E-state index in [2.05, 4.69) is 29.5 Å². The Morgan fingerprint density at radius 3 is 2.83 bits per heavy atom. The third kappa shape index (κ3) is 3.86. The Kier molecular flexibility index (Phi) is 5.66. The molecule has 2 aromatic rings. The molecule has 0 spiro atoms. The summed E-state index contributed by atoms with van der Waals surface area (Å²) in [5.74, 6) is 2.44. The molecule has 0 bridgehead atoms. The molecule has 1 aromatic carbocycles. The molecule has 1 aromatic heterocycles. The maximum absolute atomic E-state index is 12.4. The van der Waals surface area contributed by atoms with Crippen LogP contribution in [0.3, 0.4) is 0 Å². The topological polar surface area (TPSA) is 61.0 Å². The molecule has 1 fully saturated rings. The number of nitrogens with one attached hydrogen (secondary N) is 2. The number of aromatic amines is 1. The predicted molar refractivity (Wildman–Crippen MR) is 101 cm³/mol. The van der Waals surface area contributed by atoms with E-state index in [1.54, 1.807) is 11.8 Å². The third-order valence-electron chi connectivity index (χ3n) is 4.76. The van der Waals surface area contributed by atoms with E-state index < -0.39 is 0 Å². The molecule has 1 aliphatic rings. The summed E-state index contributed by atoms with van der Waals surface area (Å²) in [5, 5.41) is 3.16. The Hall–Kier alpha value is -1.69. The molecule has 1 atom stereocenters. The SMILES string of the molecule is CC[C@H](CSC)NC(=O)N1CCC(c2nc3ccccc3[nH]2)CC1. The van der Waals surface area contributed by atoms with E-state index in [-0.39, 0.29) is 12.1 Å². The Morgan fingerprint density at radius 1 is 1.42 bits per heavy atom. The van der Waals surface area contributed by atoms with Crippen molar-refractivity contribution in [3.05, 3.63) is 30.1 Å². The van der Waals surface area contributed by atoms with Crippen molar-refractivity contribution in [2.75, 3.05) is 25.1 Å². The van der Waals surface area contributed by atoms with Crippen molar-refractivity contribution in [3.63, 3.8) is 0 Å². The highest BCUT2D eigenvalue weighted by molar-refractivity contribution is 7.98. The van der Waals surface area contributed by atoms with Gasteiger partial charge in [-0.25, -0.2) is 9.78 Å². The van der Waals surface area contributed by atoms with E-state index in [9.17, 15) is 4.79 Å². The summed E-state index contributed by atoms with van der Waals surface area (Å²) in [6.45, 7) is 3.71. The summed E-state index contributed by atoms with van der Waals surface area (Å²) in [6, 6.07) is 8.48. The maximum atomic E-state index is 12.4. The molecule has 24 heavy (non-hydrogen) atoms. The van der Waals surface area contributed by atoms with Gasteiger partial charge in [0.05, 0.1) is 11.0 Å². The van der Waals surface area contributed by atoms with E-state index in [1.807, 2.05) is 23.1 Å². The predicted octanol–water partition coefficient (Wildman–Crippen LogP) is 3.59. The van der Waals surface area contributed by atoms with Crippen molar-refractivity contribution >= 4 is 28.8 Å². The van der Waals surface area contributed by atoms with Crippen molar-refractivity contribution in [1.29, 1.82) is 0 Å². The highest BCUT2D eigenvalue weighted by atomic mass is 32.2. The number of para-hydroxylation sites is 2. The average molecular weight is 347 g/mol. The van der Waals surface area contributed by atoms with Crippen LogP contribution in [0.1, 0.15) is 37.9 Å². The minimum Gasteiger partial charge on any atom is -0.342 e. The zero-order valence-electron chi connectivity index (χ0n) is 14.4. The van der Waals surface area contributed by atoms with Gasteiger partial charge in [-0.15, -0.1) is 0 Å². The lowest BCUT2D eigenvalue weighted by Crippen LogP contribution is -2.48. The second kappa shape index (κ2) is 7.92. The van der Waals surface area contributed by atoms with Crippen LogP contribution in [-0.4, -0.2) is 52.0 Å². The molecule has 6 heteroatoms. The number of fused-ring (bicyclic) bond motifs is 1. The fraction of sp³-hybridized carbons (Fsp3) is 0.556. The number of H-pyrrole nitrogens is 1. The average Bonchev–Trinajstić information content (AvgIpc) is 3.05. The Morgan fingerprint density at radius 2 is 2.17 bits per heavy atom. The Balaban J connectivity index is 1.56. The number of hydrogen-bond acceptors (Lipinski definition) is 3. The molecule has 0 unspecified atom stereocenters. The van der Waals surface area contributed by atoms with Crippen molar-refractivity contribution in [1.82, 2.24) is 20.2 Å². The van der Waals surface area contributed by atoms with Crippen LogP contribution < -0.4 is 5.32 Å². The summed E-state index contributed by atoms with van der Waals surface area (Å²) in [4.78, 5) is 22.5. The number of piperidine rings is 1. The Bertz CT molecular complexity index is 645. The fourth-order valence-corrected chi connectivity index (χ4v) is 3.97. The number of benzene rings is 1. The number of carbonyl (C=O) groups excluding carboxylic acids is 1. The molecule has 1 saturated heterocycles. The standard InChI is InChI=1S/C18H26N4OS/c1-3-14(12-24-2)19-18(23)22-10-8-13(9-11-22)17-20-15-6-4-5-7-16(15)21-17/h4-7,13-14H,3,8-12H2,1-2H3,(H,19,23)(H,20,21)/t14-/m1/s1. The zero-order valence-corrected chi connectivity index (χ0v) is 15.2. The number of hydrogen-bond donors (Lipinski definition) is 2. The van der Waals surface area contributed by atoms with Crippen molar-refractivity contribution in [2.24, 2.45) is 0 Å². The molecule has 0 radical (unpaired) electrons. The minimum atomic E-state index is 0.0824. The van der Waals surface area contributed by atoms with Crippen molar-refractivity contribution < 1.29 is 4.79 Å². The van der Waals surface area contributed by atoms with Gasteiger partial charge < -0.3 is 15.2 Å². The van der Waals surface area contributed by atoms with Gasteiger partial charge in [0.2, 0.25) is 0 Å². The maximum Gasteiger partial charge on any atom is 0.317 e. The number of nitrogens with zero attached hydrogens (tertiary/aromatic N) is 2. The molecular formula is C18H26N4OS. The van der Waals surface area contributed by atoms with E-state index >= 15 is 0 Å². The van der Waals surface area contributed by atoms with E-state index in [0.29, 0.717) is 5.92 Å². The number of carbonyl (C=O) groups is 1. The highest BCUT2D eigenvalue weighted by Gasteiger charge is 2.26. The largest absolute Gasteiger partial charge is 0.342 e. The molecule has 1 aliphatic heterocycles. The number of urea groups is 1. The minimum absolute atomic E-state index is 0.0824. The van der Waals surface area contributed by atoms with Crippen LogP contribution in [0, 0.1) is 0 Å². The van der Waals surface area contributed by atoms with E-state index in [4.69, 9.17) is 4.98 Å². The van der Waals surface area contributed by atoms with Crippen LogP contribution in [0.25, 0.3) is 11.0 Å². The molecule has 130 valence electrons. The lowest BCUT2D eigenvalue weighted by Gasteiger charge is -2.32. The second-order valence-electron chi connectivity index (χ2n) is 6.41. The number of imidazole rings is 1. The highest BCUT2D eigenvalue weighted by Crippen LogP contribution is 2.27. The van der Waals surface area contributed by atoms with Crippen molar-refractivity contribution in [2.45, 2.75) is 38.1 Å². The summed E-state index contributed by atoms with van der Waals surface area (Å²) in [7, 11) is 0. The van der Waals surface area contributed by atoms with Gasteiger partial charge in [-0.05, 0) is 37.7 Å². The van der Waals surface area contributed by atoms with E-state index in [0.717, 1.165) is 55.0 Å². The van der Waals surface area contributed by atoms with Gasteiger partial charge in [-0.1, -0.05) is 19.1 Å². The van der Waals surface area contributed by atoms with Gasteiger partial charge in [0.1, 0.15) is 5.82 Å². The van der Waals surface area contributed by atoms with Gasteiger partial charge >= 0.3 is 6.03 Å². The van der Waals surface area contributed by atoms with Gasteiger partial charge in [0.25, 0.3) is 0 Å². The summed E-state index contributed by atoms with van der Waals surface area (Å²) in [6.07, 6.45) is 4.98. The Labute approximate surface area is 147 Å².